The number of carboxylic acids is 1. The normalized spacial score (nSPS) is 21.6. The van der Waals surface area contributed by atoms with Crippen molar-refractivity contribution in [3.05, 3.63) is 0 Å². The average molecular weight is 259 g/mol. The van der Waals surface area contributed by atoms with Gasteiger partial charge in [-0.25, -0.2) is 9.59 Å². The second kappa shape index (κ2) is 6.55. The third-order valence-electron chi connectivity index (χ3n) is 3.15. The van der Waals surface area contributed by atoms with E-state index in [9.17, 15) is 9.59 Å². The van der Waals surface area contributed by atoms with E-state index in [0.29, 0.717) is 12.5 Å². The van der Waals surface area contributed by atoms with Crippen LogP contribution < -0.4 is 5.32 Å². The monoisotopic (exact) mass is 259 g/mol. The molecule has 104 valence electrons. The number of carboxylic acid groups (broad SMARTS) is 1. The van der Waals surface area contributed by atoms with Crippen LogP contribution in [-0.4, -0.2) is 78.4 Å². The standard InChI is InChI=1S/C11H21N3O4/c1-13-4-3-8(5-13)6-14(2)11(18)12-9(7-15)10(16)17/h8-9,15H,3-7H2,1-2H3,(H,12,18)(H,16,17)/t8?,9-/m0/s1. The number of aliphatic hydroxyl groups excluding tert-OH is 1. The first kappa shape index (κ1) is 14.7. The van der Waals surface area contributed by atoms with E-state index >= 15 is 0 Å². The van der Waals surface area contributed by atoms with E-state index in [2.05, 4.69) is 10.2 Å². The molecular weight excluding hydrogens is 238 g/mol. The predicted molar refractivity (Wildman–Crippen MR) is 65.3 cm³/mol. The van der Waals surface area contributed by atoms with E-state index in [1.54, 1.807) is 7.05 Å². The Kier molecular flexibility index (Phi) is 5.36. The second-order valence-electron chi connectivity index (χ2n) is 4.82. The van der Waals surface area contributed by atoms with Gasteiger partial charge in [0.05, 0.1) is 6.61 Å². The molecule has 0 bridgehead atoms. The summed E-state index contributed by atoms with van der Waals surface area (Å²) in [4.78, 5) is 26.1. The zero-order chi connectivity index (χ0) is 13.7. The van der Waals surface area contributed by atoms with Gasteiger partial charge in [0.15, 0.2) is 6.04 Å². The van der Waals surface area contributed by atoms with Crippen LogP contribution in [-0.2, 0) is 4.79 Å². The van der Waals surface area contributed by atoms with Crippen molar-refractivity contribution in [2.45, 2.75) is 12.5 Å². The average Bonchev–Trinajstić information content (AvgIpc) is 2.70. The van der Waals surface area contributed by atoms with Crippen LogP contribution >= 0.6 is 0 Å². The van der Waals surface area contributed by atoms with Gasteiger partial charge >= 0.3 is 12.0 Å². The molecule has 0 aromatic rings. The van der Waals surface area contributed by atoms with E-state index in [1.165, 1.54) is 4.90 Å². The van der Waals surface area contributed by atoms with Gasteiger partial charge in [-0.1, -0.05) is 0 Å². The fourth-order valence-corrected chi connectivity index (χ4v) is 2.09. The topological polar surface area (TPSA) is 93.1 Å². The van der Waals surface area contributed by atoms with Crippen molar-refractivity contribution in [3.8, 4) is 0 Å². The van der Waals surface area contributed by atoms with Gasteiger partial charge in [-0.05, 0) is 25.9 Å². The van der Waals surface area contributed by atoms with Gasteiger partial charge in [-0.15, -0.1) is 0 Å². The number of carbonyl (C=O) groups excluding carboxylic acids is 1. The molecule has 1 fully saturated rings. The van der Waals surface area contributed by atoms with E-state index in [-0.39, 0.29) is 0 Å². The van der Waals surface area contributed by atoms with Crippen molar-refractivity contribution in [3.63, 3.8) is 0 Å². The van der Waals surface area contributed by atoms with Gasteiger partial charge in [-0.2, -0.15) is 0 Å². The SMILES string of the molecule is CN1CCC(CN(C)C(=O)N[C@@H](CO)C(=O)O)C1. The molecule has 1 heterocycles. The number of carbonyl (C=O) groups is 2. The predicted octanol–water partition coefficient (Wildman–Crippen LogP) is -0.975. The van der Waals surface area contributed by atoms with Crippen LogP contribution in [0.3, 0.4) is 0 Å². The summed E-state index contributed by atoms with van der Waals surface area (Å²) in [5, 5.41) is 19.8. The highest BCUT2D eigenvalue weighted by molar-refractivity contribution is 5.82. The lowest BCUT2D eigenvalue weighted by molar-refractivity contribution is -0.140. The Morgan fingerprint density at radius 3 is 2.67 bits per heavy atom. The quantitative estimate of drug-likeness (QED) is 0.590. The lowest BCUT2D eigenvalue weighted by Crippen LogP contribution is -2.49. The Bertz CT molecular complexity index is 311. The molecule has 0 aromatic heterocycles. The van der Waals surface area contributed by atoms with Gasteiger partial charge in [0.25, 0.3) is 0 Å². The molecule has 0 saturated carbocycles. The summed E-state index contributed by atoms with van der Waals surface area (Å²) in [5.41, 5.74) is 0. The van der Waals surface area contributed by atoms with E-state index < -0.39 is 24.6 Å². The molecule has 2 atom stereocenters. The van der Waals surface area contributed by atoms with Crippen molar-refractivity contribution in [1.29, 1.82) is 0 Å². The Labute approximate surface area is 106 Å². The number of aliphatic carboxylic acids is 1. The molecular formula is C11H21N3O4. The van der Waals surface area contributed by atoms with Gasteiger partial charge in [0, 0.05) is 20.1 Å². The third kappa shape index (κ3) is 4.15. The van der Waals surface area contributed by atoms with Gasteiger partial charge in [0.2, 0.25) is 0 Å². The Hall–Kier alpha value is -1.34. The number of hydrogen-bond donors (Lipinski definition) is 3. The summed E-state index contributed by atoms with van der Waals surface area (Å²) in [6.45, 7) is 1.95. The summed E-state index contributed by atoms with van der Waals surface area (Å²) in [5.74, 6) is -0.817. The molecule has 0 aromatic carbocycles. The third-order valence-corrected chi connectivity index (χ3v) is 3.15. The van der Waals surface area contributed by atoms with Crippen LogP contribution in [0.4, 0.5) is 4.79 Å². The summed E-state index contributed by atoms with van der Waals surface area (Å²) in [7, 11) is 3.66. The lowest BCUT2D eigenvalue weighted by atomic mass is 10.1. The molecule has 3 N–H and O–H groups in total. The maximum Gasteiger partial charge on any atom is 0.328 e. The first-order valence-corrected chi connectivity index (χ1v) is 5.98. The van der Waals surface area contributed by atoms with Crippen LogP contribution in [0.25, 0.3) is 0 Å². The van der Waals surface area contributed by atoms with Crippen LogP contribution in [0.15, 0.2) is 0 Å². The smallest absolute Gasteiger partial charge is 0.328 e. The van der Waals surface area contributed by atoms with Gasteiger partial charge < -0.3 is 25.3 Å². The van der Waals surface area contributed by atoms with Gasteiger partial charge in [0.1, 0.15) is 0 Å². The molecule has 1 unspecified atom stereocenters. The minimum atomic E-state index is -1.24. The zero-order valence-electron chi connectivity index (χ0n) is 10.8. The molecule has 1 aliphatic heterocycles. The summed E-state index contributed by atoms with van der Waals surface area (Å²) in [6, 6.07) is -1.71. The van der Waals surface area contributed by atoms with Crippen molar-refractivity contribution < 1.29 is 19.8 Å². The Balaban J connectivity index is 2.38. The first-order chi connectivity index (χ1) is 8.43. The molecule has 1 aliphatic rings. The molecule has 18 heavy (non-hydrogen) atoms. The molecule has 2 amide bonds. The van der Waals surface area contributed by atoms with Gasteiger partial charge in [-0.3, -0.25) is 0 Å². The number of urea groups is 1. The maximum atomic E-state index is 11.7. The molecule has 7 heteroatoms. The molecule has 7 nitrogen and oxygen atoms in total. The highest BCUT2D eigenvalue weighted by Gasteiger charge is 2.25. The minimum Gasteiger partial charge on any atom is -0.480 e. The highest BCUT2D eigenvalue weighted by atomic mass is 16.4. The summed E-state index contributed by atoms with van der Waals surface area (Å²) in [6.07, 6.45) is 1.04. The lowest BCUT2D eigenvalue weighted by Gasteiger charge is -2.23. The van der Waals surface area contributed by atoms with Crippen molar-refractivity contribution in [1.82, 2.24) is 15.1 Å². The van der Waals surface area contributed by atoms with Crippen LogP contribution in [0.2, 0.25) is 0 Å². The minimum absolute atomic E-state index is 0.420. The number of rotatable bonds is 5. The zero-order valence-corrected chi connectivity index (χ0v) is 10.8. The maximum absolute atomic E-state index is 11.7. The molecule has 1 rings (SSSR count). The number of likely N-dealkylation sites (tertiary alicyclic amines) is 1. The summed E-state index contributed by atoms with van der Waals surface area (Å²) < 4.78 is 0. The van der Waals surface area contributed by atoms with Crippen LogP contribution in [0.1, 0.15) is 6.42 Å². The number of nitrogens with one attached hydrogen (secondary N) is 1. The fraction of sp³-hybridized carbons (Fsp3) is 0.818. The number of nitrogens with zero attached hydrogens (tertiary/aromatic N) is 2. The molecule has 0 spiro atoms. The van der Waals surface area contributed by atoms with Crippen molar-refractivity contribution in [2.75, 3.05) is 40.3 Å². The largest absolute Gasteiger partial charge is 0.480 e. The number of amides is 2. The number of hydrogen-bond acceptors (Lipinski definition) is 4. The number of aliphatic hydroxyl groups is 1. The van der Waals surface area contributed by atoms with Crippen LogP contribution in [0.5, 0.6) is 0 Å². The first-order valence-electron chi connectivity index (χ1n) is 5.98. The molecule has 1 saturated heterocycles. The van der Waals surface area contributed by atoms with E-state index in [1.807, 2.05) is 7.05 Å². The van der Waals surface area contributed by atoms with Crippen molar-refractivity contribution >= 4 is 12.0 Å². The molecule has 0 aliphatic carbocycles. The fourth-order valence-electron chi connectivity index (χ4n) is 2.09. The van der Waals surface area contributed by atoms with Crippen molar-refractivity contribution in [2.24, 2.45) is 5.92 Å². The van der Waals surface area contributed by atoms with E-state index in [0.717, 1.165) is 19.5 Å². The van der Waals surface area contributed by atoms with Crippen LogP contribution in [0, 0.1) is 5.92 Å². The molecule has 0 radical (unpaired) electrons. The van der Waals surface area contributed by atoms with E-state index in [4.69, 9.17) is 10.2 Å². The summed E-state index contributed by atoms with van der Waals surface area (Å²) >= 11 is 0. The Morgan fingerprint density at radius 2 is 2.22 bits per heavy atom. The second-order valence-corrected chi connectivity index (χ2v) is 4.82. The highest BCUT2D eigenvalue weighted by Crippen LogP contribution is 2.15. The Morgan fingerprint density at radius 1 is 1.56 bits per heavy atom.